The first-order valence-corrected chi connectivity index (χ1v) is 9.76. The first-order chi connectivity index (χ1) is 13.0. The van der Waals surface area contributed by atoms with Gasteiger partial charge in [-0.2, -0.15) is 0 Å². The van der Waals surface area contributed by atoms with Crippen LogP contribution in [0.25, 0.3) is 0 Å². The highest BCUT2D eigenvalue weighted by molar-refractivity contribution is 6.42. The van der Waals surface area contributed by atoms with E-state index in [1.807, 2.05) is 6.07 Å². The Morgan fingerprint density at radius 2 is 2.15 bits per heavy atom. The highest BCUT2D eigenvalue weighted by Crippen LogP contribution is 2.23. The number of nitrogens with one attached hydrogen (secondary N) is 1. The van der Waals surface area contributed by atoms with Gasteiger partial charge in [0, 0.05) is 19.7 Å². The number of hydrogen-bond acceptors (Lipinski definition) is 4. The first-order valence-electron chi connectivity index (χ1n) is 9.01. The second kappa shape index (κ2) is 8.95. The molecule has 2 amide bonds. The number of halogens is 2. The third-order valence-electron chi connectivity index (χ3n) is 4.76. The number of carbonyl (C=O) groups is 2. The van der Waals surface area contributed by atoms with Gasteiger partial charge in [-0.3, -0.25) is 9.59 Å². The Morgan fingerprint density at radius 1 is 1.33 bits per heavy atom. The molecule has 0 spiro atoms. The summed E-state index contributed by atoms with van der Waals surface area (Å²) in [5, 5.41) is 13.8. The molecule has 2 aliphatic rings. The summed E-state index contributed by atoms with van der Waals surface area (Å²) in [6.45, 7) is 1.63. The fraction of sp³-hybridized carbons (Fsp3) is 0.474. The standard InChI is InChI=1S/C19H22Cl2N2O4/c20-15-6-5-12(9-16(15)21)3-1-7-22-18(25)14-11-23(19(26)17(14)24)10-13-4-2-8-27-13/h5-6,9,13,24H,1-4,7-8,10-11H2,(H,22,25). The number of carbonyl (C=O) groups excluding carboxylic acids is 2. The summed E-state index contributed by atoms with van der Waals surface area (Å²) >= 11 is 11.9. The first kappa shape index (κ1) is 20.0. The zero-order valence-corrected chi connectivity index (χ0v) is 16.4. The SMILES string of the molecule is O=C(NCCCc1ccc(Cl)c(Cl)c1)C1=C(O)C(=O)N(CC2CCCO2)C1. The number of amides is 2. The molecule has 0 saturated carbocycles. The summed E-state index contributed by atoms with van der Waals surface area (Å²) in [7, 11) is 0. The van der Waals surface area contributed by atoms with Crippen molar-refractivity contribution in [3.05, 3.63) is 45.1 Å². The number of hydrogen-bond donors (Lipinski definition) is 2. The molecule has 0 bridgehead atoms. The van der Waals surface area contributed by atoms with E-state index in [0.717, 1.165) is 24.8 Å². The lowest BCUT2D eigenvalue weighted by Gasteiger charge is -2.20. The topological polar surface area (TPSA) is 78.9 Å². The summed E-state index contributed by atoms with van der Waals surface area (Å²) in [6, 6.07) is 5.44. The van der Waals surface area contributed by atoms with Crippen LogP contribution in [0.1, 0.15) is 24.8 Å². The Labute approximate surface area is 168 Å². The average molecular weight is 413 g/mol. The largest absolute Gasteiger partial charge is 0.503 e. The zero-order valence-electron chi connectivity index (χ0n) is 14.8. The minimum absolute atomic E-state index is 0.0182. The molecule has 1 saturated heterocycles. The molecule has 0 aromatic heterocycles. The Hall–Kier alpha value is -1.76. The predicted octanol–water partition coefficient (Wildman–Crippen LogP) is 2.88. The second-order valence-electron chi connectivity index (χ2n) is 6.76. The van der Waals surface area contributed by atoms with Crippen LogP contribution >= 0.6 is 23.2 Å². The van der Waals surface area contributed by atoms with Crippen LogP contribution in [-0.4, -0.2) is 54.2 Å². The summed E-state index contributed by atoms with van der Waals surface area (Å²) in [4.78, 5) is 25.9. The molecule has 1 aromatic rings. The lowest BCUT2D eigenvalue weighted by atomic mass is 10.1. The van der Waals surface area contributed by atoms with Crippen LogP contribution in [0.15, 0.2) is 29.5 Å². The molecule has 1 aromatic carbocycles. The number of aliphatic hydroxyl groups excluding tert-OH is 1. The average Bonchev–Trinajstić information content (AvgIpc) is 3.25. The molecular weight excluding hydrogens is 391 g/mol. The molecule has 1 unspecified atom stereocenters. The third-order valence-corrected chi connectivity index (χ3v) is 5.50. The number of benzene rings is 1. The Kier molecular flexibility index (Phi) is 6.63. The van der Waals surface area contributed by atoms with Gasteiger partial charge >= 0.3 is 0 Å². The van der Waals surface area contributed by atoms with Crippen molar-refractivity contribution in [1.29, 1.82) is 0 Å². The molecular formula is C19H22Cl2N2O4. The molecule has 8 heteroatoms. The molecule has 2 heterocycles. The van der Waals surface area contributed by atoms with Gasteiger partial charge in [0.25, 0.3) is 11.8 Å². The molecule has 146 valence electrons. The van der Waals surface area contributed by atoms with E-state index < -0.39 is 17.6 Å². The van der Waals surface area contributed by atoms with E-state index in [-0.39, 0.29) is 18.2 Å². The van der Waals surface area contributed by atoms with Crippen LogP contribution in [0.4, 0.5) is 0 Å². The summed E-state index contributed by atoms with van der Waals surface area (Å²) in [6.07, 6.45) is 3.27. The van der Waals surface area contributed by atoms with Crippen molar-refractivity contribution in [3.8, 4) is 0 Å². The summed E-state index contributed by atoms with van der Waals surface area (Å²) < 4.78 is 5.52. The molecule has 6 nitrogen and oxygen atoms in total. The molecule has 2 N–H and O–H groups in total. The van der Waals surface area contributed by atoms with Crippen molar-refractivity contribution < 1.29 is 19.4 Å². The van der Waals surface area contributed by atoms with Crippen molar-refractivity contribution in [1.82, 2.24) is 10.2 Å². The van der Waals surface area contributed by atoms with E-state index in [4.69, 9.17) is 27.9 Å². The summed E-state index contributed by atoms with van der Waals surface area (Å²) in [5.41, 5.74) is 1.15. The Morgan fingerprint density at radius 3 is 2.85 bits per heavy atom. The van der Waals surface area contributed by atoms with E-state index in [2.05, 4.69) is 5.32 Å². The quantitative estimate of drug-likeness (QED) is 0.674. The maximum Gasteiger partial charge on any atom is 0.289 e. The molecule has 27 heavy (non-hydrogen) atoms. The lowest BCUT2D eigenvalue weighted by Crippen LogP contribution is -2.36. The molecule has 0 radical (unpaired) electrons. The van der Waals surface area contributed by atoms with Crippen LogP contribution in [0.5, 0.6) is 0 Å². The Bertz CT molecular complexity index is 760. The fourth-order valence-electron chi connectivity index (χ4n) is 3.27. The minimum Gasteiger partial charge on any atom is -0.503 e. The van der Waals surface area contributed by atoms with Crippen molar-refractivity contribution in [2.24, 2.45) is 0 Å². The number of aryl methyl sites for hydroxylation is 1. The van der Waals surface area contributed by atoms with Gasteiger partial charge in [0.2, 0.25) is 0 Å². The van der Waals surface area contributed by atoms with Crippen molar-refractivity contribution >= 4 is 35.0 Å². The number of nitrogens with zero attached hydrogens (tertiary/aromatic N) is 1. The van der Waals surface area contributed by atoms with E-state index in [0.29, 0.717) is 36.2 Å². The van der Waals surface area contributed by atoms with Crippen molar-refractivity contribution in [3.63, 3.8) is 0 Å². The predicted molar refractivity (Wildman–Crippen MR) is 103 cm³/mol. The lowest BCUT2D eigenvalue weighted by molar-refractivity contribution is -0.129. The highest BCUT2D eigenvalue weighted by Gasteiger charge is 2.35. The fourth-order valence-corrected chi connectivity index (χ4v) is 3.59. The van der Waals surface area contributed by atoms with Crippen molar-refractivity contribution in [2.45, 2.75) is 31.8 Å². The maximum atomic E-state index is 12.3. The number of aliphatic hydroxyl groups is 1. The van der Waals surface area contributed by atoms with Crippen LogP contribution in [0.2, 0.25) is 10.0 Å². The van der Waals surface area contributed by atoms with Crippen LogP contribution in [-0.2, 0) is 20.7 Å². The molecule has 2 aliphatic heterocycles. The van der Waals surface area contributed by atoms with Crippen molar-refractivity contribution in [2.75, 3.05) is 26.2 Å². The summed E-state index contributed by atoms with van der Waals surface area (Å²) in [5.74, 6) is -1.38. The van der Waals surface area contributed by atoms with Gasteiger partial charge in [0.1, 0.15) is 0 Å². The maximum absolute atomic E-state index is 12.3. The molecule has 3 rings (SSSR count). The van der Waals surface area contributed by atoms with E-state index >= 15 is 0 Å². The molecule has 0 aliphatic carbocycles. The van der Waals surface area contributed by atoms with Crippen LogP contribution in [0, 0.1) is 0 Å². The van der Waals surface area contributed by atoms with E-state index in [1.54, 1.807) is 12.1 Å². The Balaban J connectivity index is 1.45. The van der Waals surface area contributed by atoms with Gasteiger partial charge in [-0.25, -0.2) is 0 Å². The number of rotatable bonds is 7. The number of ether oxygens (including phenoxy) is 1. The highest BCUT2D eigenvalue weighted by atomic mass is 35.5. The van der Waals surface area contributed by atoms with E-state index in [1.165, 1.54) is 4.90 Å². The third kappa shape index (κ3) is 4.94. The minimum atomic E-state index is -0.508. The normalized spacial score (nSPS) is 19.9. The molecule has 1 fully saturated rings. The smallest absolute Gasteiger partial charge is 0.289 e. The monoisotopic (exact) mass is 412 g/mol. The van der Waals surface area contributed by atoms with Gasteiger partial charge < -0.3 is 20.1 Å². The van der Waals surface area contributed by atoms with Crippen LogP contribution < -0.4 is 5.32 Å². The van der Waals surface area contributed by atoms with Gasteiger partial charge in [-0.05, 0) is 43.4 Å². The van der Waals surface area contributed by atoms with E-state index in [9.17, 15) is 14.7 Å². The van der Waals surface area contributed by atoms with Gasteiger partial charge in [0.15, 0.2) is 5.76 Å². The van der Waals surface area contributed by atoms with Gasteiger partial charge in [-0.15, -0.1) is 0 Å². The molecule has 1 atom stereocenters. The second-order valence-corrected chi connectivity index (χ2v) is 7.57. The van der Waals surface area contributed by atoms with Gasteiger partial charge in [0.05, 0.1) is 28.3 Å². The van der Waals surface area contributed by atoms with Gasteiger partial charge in [-0.1, -0.05) is 29.3 Å². The van der Waals surface area contributed by atoms with Crippen LogP contribution in [0.3, 0.4) is 0 Å². The zero-order chi connectivity index (χ0) is 19.4.